The second-order valence-corrected chi connectivity index (χ2v) is 9.78. The molecule has 2 atom stereocenters. The average Bonchev–Trinajstić information content (AvgIpc) is 3.62. The van der Waals surface area contributed by atoms with E-state index in [1.165, 1.54) is 16.7 Å². The van der Waals surface area contributed by atoms with Crippen molar-refractivity contribution in [1.29, 1.82) is 0 Å². The molecule has 2 fully saturated rings. The fourth-order valence-corrected chi connectivity index (χ4v) is 5.45. The minimum Gasteiger partial charge on any atom is -0.444 e. The normalized spacial score (nSPS) is 18.9. The molecule has 0 radical (unpaired) electrons. The summed E-state index contributed by atoms with van der Waals surface area (Å²) in [7, 11) is 0. The van der Waals surface area contributed by atoms with Crippen molar-refractivity contribution in [1.82, 2.24) is 15.2 Å². The van der Waals surface area contributed by atoms with Crippen LogP contribution in [-0.4, -0.2) is 45.8 Å². The monoisotopic (exact) mass is 502 g/mol. The van der Waals surface area contributed by atoms with Crippen LogP contribution >= 0.6 is 11.8 Å². The number of carbonyl (C=O) groups excluding carboxylic acids is 3. The number of ether oxygens (including phenoxy) is 1. The molecule has 4 amide bonds. The van der Waals surface area contributed by atoms with E-state index in [1.807, 2.05) is 48.5 Å². The SMILES string of the molecule is O=C(NC1CC1)N(C(=O)C1CSC(c2ccncc2)N1C(=O)OCc1ccccc1)c1ccccc1. The van der Waals surface area contributed by atoms with Crippen LogP contribution in [0.15, 0.2) is 85.2 Å². The summed E-state index contributed by atoms with van der Waals surface area (Å²) >= 11 is 1.46. The number of hydrogen-bond donors (Lipinski definition) is 1. The Hall–Kier alpha value is -3.85. The number of pyridine rings is 1. The molecule has 184 valence electrons. The third kappa shape index (κ3) is 5.36. The van der Waals surface area contributed by atoms with Crippen molar-refractivity contribution >= 4 is 35.5 Å². The Kier molecular flexibility index (Phi) is 7.18. The van der Waals surface area contributed by atoms with Gasteiger partial charge in [-0.3, -0.25) is 14.7 Å². The van der Waals surface area contributed by atoms with Gasteiger partial charge in [-0.1, -0.05) is 48.5 Å². The van der Waals surface area contributed by atoms with Crippen LogP contribution in [0.25, 0.3) is 0 Å². The van der Waals surface area contributed by atoms with Gasteiger partial charge < -0.3 is 10.1 Å². The number of amides is 4. The van der Waals surface area contributed by atoms with Gasteiger partial charge in [0.1, 0.15) is 18.0 Å². The number of para-hydroxylation sites is 1. The van der Waals surface area contributed by atoms with Crippen molar-refractivity contribution in [2.45, 2.75) is 36.9 Å². The molecule has 8 nitrogen and oxygen atoms in total. The molecule has 1 N–H and O–H groups in total. The molecule has 1 aromatic heterocycles. The minimum atomic E-state index is -0.887. The molecule has 36 heavy (non-hydrogen) atoms. The summed E-state index contributed by atoms with van der Waals surface area (Å²) in [5.74, 6) is -0.146. The summed E-state index contributed by atoms with van der Waals surface area (Å²) in [5.41, 5.74) is 2.13. The van der Waals surface area contributed by atoms with Crippen molar-refractivity contribution in [2.24, 2.45) is 0 Å². The van der Waals surface area contributed by atoms with Gasteiger partial charge >= 0.3 is 12.1 Å². The Morgan fingerprint density at radius 1 is 0.972 bits per heavy atom. The van der Waals surface area contributed by atoms with Crippen molar-refractivity contribution < 1.29 is 19.1 Å². The molecule has 1 aliphatic heterocycles. The molecule has 3 aromatic rings. The highest BCUT2D eigenvalue weighted by Crippen LogP contribution is 2.42. The fraction of sp³-hybridized carbons (Fsp3) is 0.259. The summed E-state index contributed by atoms with van der Waals surface area (Å²) in [5, 5.41) is 2.46. The zero-order valence-corrected chi connectivity index (χ0v) is 20.3. The zero-order chi connectivity index (χ0) is 24.9. The summed E-state index contributed by atoms with van der Waals surface area (Å²) < 4.78 is 5.65. The van der Waals surface area contributed by atoms with Gasteiger partial charge in [0.15, 0.2) is 0 Å². The minimum absolute atomic E-state index is 0.0750. The lowest BCUT2D eigenvalue weighted by atomic mass is 10.2. The quantitative estimate of drug-likeness (QED) is 0.524. The Bertz CT molecular complexity index is 1210. The molecule has 2 unspecified atom stereocenters. The lowest BCUT2D eigenvalue weighted by Gasteiger charge is -2.31. The van der Waals surface area contributed by atoms with Crippen LogP contribution in [0.3, 0.4) is 0 Å². The Morgan fingerprint density at radius 2 is 1.64 bits per heavy atom. The predicted octanol–water partition coefficient (Wildman–Crippen LogP) is 4.74. The standard InChI is InChI=1S/C27H26N4O4S/c32-24(30(22-9-5-2-6-10-22)26(33)29-21-11-12-21)23-18-36-25(20-13-15-28-16-14-20)31(23)27(34)35-17-19-7-3-1-4-8-19/h1-10,13-16,21,23,25H,11-12,17-18H2,(H,29,33). The highest BCUT2D eigenvalue weighted by Gasteiger charge is 2.46. The van der Waals surface area contributed by atoms with Gasteiger partial charge in [-0.15, -0.1) is 11.8 Å². The number of nitrogens with zero attached hydrogens (tertiary/aromatic N) is 3. The highest BCUT2D eigenvalue weighted by atomic mass is 32.2. The van der Waals surface area contributed by atoms with Crippen molar-refractivity contribution in [3.05, 3.63) is 96.3 Å². The first-order chi connectivity index (χ1) is 17.6. The number of benzene rings is 2. The van der Waals surface area contributed by atoms with Crippen molar-refractivity contribution in [3.63, 3.8) is 0 Å². The molecular weight excluding hydrogens is 476 g/mol. The average molecular weight is 503 g/mol. The molecular formula is C27H26N4O4S. The molecule has 9 heteroatoms. The maximum atomic E-state index is 13.9. The van der Waals surface area contributed by atoms with Gasteiger partial charge in [-0.25, -0.2) is 14.5 Å². The van der Waals surface area contributed by atoms with E-state index in [9.17, 15) is 14.4 Å². The van der Waals surface area contributed by atoms with E-state index in [0.717, 1.165) is 28.9 Å². The van der Waals surface area contributed by atoms with E-state index < -0.39 is 29.4 Å². The number of thioether (sulfide) groups is 1. The zero-order valence-electron chi connectivity index (χ0n) is 19.5. The summed E-state index contributed by atoms with van der Waals surface area (Å²) in [4.78, 5) is 47.2. The van der Waals surface area contributed by atoms with Crippen LogP contribution in [-0.2, 0) is 16.1 Å². The molecule has 5 rings (SSSR count). The van der Waals surface area contributed by atoms with Crippen LogP contribution in [0.2, 0.25) is 0 Å². The van der Waals surface area contributed by atoms with Gasteiger partial charge in [0.25, 0.3) is 5.91 Å². The number of carbonyl (C=O) groups is 3. The third-order valence-electron chi connectivity index (χ3n) is 6.04. The first kappa shape index (κ1) is 23.9. The molecule has 2 heterocycles. The topological polar surface area (TPSA) is 91.8 Å². The third-order valence-corrected chi connectivity index (χ3v) is 7.36. The first-order valence-corrected chi connectivity index (χ1v) is 12.9. The number of nitrogens with one attached hydrogen (secondary N) is 1. The summed E-state index contributed by atoms with van der Waals surface area (Å²) in [6, 6.07) is 20.5. The van der Waals surface area contributed by atoms with E-state index in [0.29, 0.717) is 11.4 Å². The number of anilines is 1. The maximum Gasteiger partial charge on any atom is 0.412 e. The van der Waals surface area contributed by atoms with Gasteiger partial charge in [0, 0.05) is 24.2 Å². The second-order valence-electron chi connectivity index (χ2n) is 8.66. The molecule has 0 bridgehead atoms. The second kappa shape index (κ2) is 10.8. The molecule has 2 aliphatic rings. The lowest BCUT2D eigenvalue weighted by Crippen LogP contribution is -2.54. The van der Waals surface area contributed by atoms with Crippen molar-refractivity contribution in [3.8, 4) is 0 Å². The van der Waals surface area contributed by atoms with E-state index in [2.05, 4.69) is 10.3 Å². The smallest absolute Gasteiger partial charge is 0.412 e. The number of hydrogen-bond acceptors (Lipinski definition) is 6. The van der Waals surface area contributed by atoms with E-state index >= 15 is 0 Å². The molecule has 1 saturated heterocycles. The maximum absolute atomic E-state index is 13.9. The van der Waals surface area contributed by atoms with Crippen molar-refractivity contribution in [2.75, 3.05) is 10.7 Å². The molecule has 0 spiro atoms. The molecule has 1 aliphatic carbocycles. The predicted molar refractivity (Wildman–Crippen MR) is 137 cm³/mol. The van der Waals surface area contributed by atoms with Crippen LogP contribution in [0, 0.1) is 0 Å². The van der Waals surface area contributed by atoms with Crippen LogP contribution < -0.4 is 10.2 Å². The molecule has 1 saturated carbocycles. The van der Waals surface area contributed by atoms with E-state index in [1.54, 1.807) is 36.7 Å². The summed E-state index contributed by atoms with van der Waals surface area (Å²) in [6.07, 6.45) is 4.48. The van der Waals surface area contributed by atoms with E-state index in [-0.39, 0.29) is 12.6 Å². The lowest BCUT2D eigenvalue weighted by molar-refractivity contribution is -0.121. The number of rotatable bonds is 6. The Morgan fingerprint density at radius 3 is 2.31 bits per heavy atom. The van der Waals surface area contributed by atoms with Gasteiger partial charge in [0.2, 0.25) is 0 Å². The largest absolute Gasteiger partial charge is 0.444 e. The number of aromatic nitrogens is 1. The van der Waals surface area contributed by atoms with Crippen LogP contribution in [0.4, 0.5) is 15.3 Å². The van der Waals surface area contributed by atoms with Gasteiger partial charge in [-0.05, 0) is 48.2 Å². The Balaban J connectivity index is 1.43. The summed E-state index contributed by atoms with van der Waals surface area (Å²) in [6.45, 7) is 0.0788. The van der Waals surface area contributed by atoms with E-state index in [4.69, 9.17) is 4.74 Å². The van der Waals surface area contributed by atoms with Crippen LogP contribution in [0.1, 0.15) is 29.3 Å². The van der Waals surface area contributed by atoms with Gasteiger partial charge in [0.05, 0.1) is 5.69 Å². The van der Waals surface area contributed by atoms with Gasteiger partial charge in [-0.2, -0.15) is 0 Å². The fourth-order valence-electron chi connectivity index (χ4n) is 4.04. The molecule has 2 aromatic carbocycles. The highest BCUT2D eigenvalue weighted by molar-refractivity contribution is 7.99. The first-order valence-electron chi connectivity index (χ1n) is 11.8. The van der Waals surface area contributed by atoms with Crippen LogP contribution in [0.5, 0.6) is 0 Å². The number of urea groups is 1. The number of imide groups is 1. The Labute approximate surface area is 213 Å².